The molecule has 1 fully saturated rings. The normalized spacial score (nSPS) is 16.0. The Morgan fingerprint density at radius 1 is 1.19 bits per heavy atom. The van der Waals surface area contributed by atoms with Crippen molar-refractivity contribution >= 4 is 35.2 Å². The second-order valence-electron chi connectivity index (χ2n) is 10.0. The quantitative estimate of drug-likeness (QED) is 0.160. The van der Waals surface area contributed by atoms with Crippen molar-refractivity contribution < 1.29 is 13.9 Å². The van der Waals surface area contributed by atoms with Gasteiger partial charge in [0.05, 0.1) is 26.4 Å². The predicted octanol–water partition coefficient (Wildman–Crippen LogP) is 4.90. The number of halogens is 1. The summed E-state index contributed by atoms with van der Waals surface area (Å²) in [5, 5.41) is 6.58. The third-order valence-corrected chi connectivity index (χ3v) is 9.12. The van der Waals surface area contributed by atoms with Gasteiger partial charge in [-0.3, -0.25) is 9.78 Å². The molecule has 9 nitrogen and oxygen atoms in total. The number of allylic oxidation sites excluding steroid dienone is 1. The maximum Gasteiger partial charge on any atom is 0.253 e. The number of nitrogens with zero attached hydrogens (tertiary/aromatic N) is 3. The first kappa shape index (κ1) is 33.9. The lowest BCUT2D eigenvalue weighted by molar-refractivity contribution is -0.117. The third kappa shape index (κ3) is 9.99. The number of piperidine rings is 1. The van der Waals surface area contributed by atoms with Crippen LogP contribution in [0.25, 0.3) is 0 Å². The molecule has 12 heteroatoms. The lowest BCUT2D eigenvalue weighted by Gasteiger charge is -2.42. The SMILES string of the molecule is C=C(Nc1cc(C)ccn1)S/C(=C\N)SC(/C=C\N)=C(\F)C(=C)C(=O)NCC1(c2ccncc2)CCN(CCOC)CC1. The standard InChI is InChI=1S/C31H40FN7O2S2/c1-22-6-14-36-27(19-22)38-24(3)42-28(20-34)43-26(5-11-33)29(32)23(2)30(40)37-21-31(25-7-12-35-13-8-25)9-15-39(16-10-31)17-18-41-4/h5-8,11-14,19-20H,2-3,9-10,15-18,21,33-34H2,1,4H3,(H,36,38)(H,37,40)/b11-5-,28-20+,29-26-. The molecule has 0 bridgehead atoms. The zero-order valence-corrected chi connectivity index (χ0v) is 26.3. The first-order valence-electron chi connectivity index (χ1n) is 13.7. The van der Waals surface area contributed by atoms with Gasteiger partial charge < -0.3 is 31.7 Å². The average Bonchev–Trinajstić information content (AvgIpc) is 3.02. The molecule has 3 rings (SSSR count). The summed E-state index contributed by atoms with van der Waals surface area (Å²) in [6.07, 6.45) is 10.7. The van der Waals surface area contributed by atoms with E-state index < -0.39 is 11.7 Å². The number of likely N-dealkylation sites (tertiary alicyclic amines) is 1. The highest BCUT2D eigenvalue weighted by atomic mass is 32.2. The van der Waals surface area contributed by atoms with Crippen molar-refractivity contribution in [2.24, 2.45) is 11.5 Å². The summed E-state index contributed by atoms with van der Waals surface area (Å²) >= 11 is 2.21. The van der Waals surface area contributed by atoms with Gasteiger partial charge in [0.1, 0.15) is 11.6 Å². The molecule has 0 aliphatic carbocycles. The van der Waals surface area contributed by atoms with Crippen molar-refractivity contribution in [3.63, 3.8) is 0 Å². The highest BCUT2D eigenvalue weighted by molar-refractivity contribution is 8.25. The Kier molecular flexibility index (Phi) is 13.3. The number of pyridine rings is 2. The van der Waals surface area contributed by atoms with Crippen LogP contribution in [0.4, 0.5) is 10.2 Å². The van der Waals surface area contributed by atoms with Gasteiger partial charge in [0.15, 0.2) is 0 Å². The molecular weight excluding hydrogens is 586 g/mol. The van der Waals surface area contributed by atoms with Crippen LogP contribution >= 0.6 is 23.5 Å². The first-order valence-corrected chi connectivity index (χ1v) is 15.4. The van der Waals surface area contributed by atoms with Crippen LogP contribution in [0.15, 0.2) is 100 Å². The molecule has 1 amide bonds. The Labute approximate surface area is 261 Å². The van der Waals surface area contributed by atoms with Gasteiger partial charge in [-0.05, 0) is 80.5 Å². The Morgan fingerprint density at radius 3 is 2.53 bits per heavy atom. The van der Waals surface area contributed by atoms with Crippen LogP contribution in [0.5, 0.6) is 0 Å². The van der Waals surface area contributed by atoms with Crippen molar-refractivity contribution in [1.82, 2.24) is 20.2 Å². The summed E-state index contributed by atoms with van der Waals surface area (Å²) in [4.78, 5) is 24.1. The van der Waals surface area contributed by atoms with E-state index in [1.807, 2.05) is 31.2 Å². The van der Waals surface area contributed by atoms with Crippen molar-refractivity contribution in [2.75, 3.05) is 45.2 Å². The number of methoxy groups -OCH3 is 1. The smallest absolute Gasteiger partial charge is 0.253 e. The molecular formula is C31H40FN7O2S2. The van der Waals surface area contributed by atoms with Crippen LogP contribution in [0.1, 0.15) is 24.0 Å². The molecule has 6 N–H and O–H groups in total. The van der Waals surface area contributed by atoms with Gasteiger partial charge >= 0.3 is 0 Å². The maximum absolute atomic E-state index is 15.7. The van der Waals surface area contributed by atoms with Crippen LogP contribution < -0.4 is 22.1 Å². The van der Waals surface area contributed by atoms with E-state index >= 15 is 4.39 Å². The molecule has 2 aromatic rings. The number of carbonyl (C=O) groups is 1. The molecule has 0 radical (unpaired) electrons. The summed E-state index contributed by atoms with van der Waals surface area (Å²) in [5.74, 6) is -0.771. The summed E-state index contributed by atoms with van der Waals surface area (Å²) in [6, 6.07) is 7.71. The molecule has 0 spiro atoms. The number of hydrogen-bond acceptors (Lipinski definition) is 10. The van der Waals surface area contributed by atoms with Gasteiger partial charge in [0.2, 0.25) is 0 Å². The first-order chi connectivity index (χ1) is 20.7. The number of carbonyl (C=O) groups excluding carboxylic acids is 1. The lowest BCUT2D eigenvalue weighted by atomic mass is 9.73. The largest absolute Gasteiger partial charge is 0.405 e. The van der Waals surface area contributed by atoms with Crippen LogP contribution in [0, 0.1) is 6.92 Å². The minimum Gasteiger partial charge on any atom is -0.405 e. The van der Waals surface area contributed by atoms with E-state index in [1.165, 1.54) is 30.2 Å². The van der Waals surface area contributed by atoms with Crippen molar-refractivity contribution in [1.29, 1.82) is 0 Å². The zero-order chi connectivity index (χ0) is 31.2. The summed E-state index contributed by atoms with van der Waals surface area (Å²) in [7, 11) is 1.69. The second-order valence-corrected chi connectivity index (χ2v) is 12.5. The Bertz CT molecular complexity index is 1360. The molecule has 43 heavy (non-hydrogen) atoms. The van der Waals surface area contributed by atoms with Gasteiger partial charge in [0.25, 0.3) is 5.91 Å². The van der Waals surface area contributed by atoms with E-state index in [1.54, 1.807) is 25.7 Å². The van der Waals surface area contributed by atoms with E-state index in [0.717, 1.165) is 55.4 Å². The summed E-state index contributed by atoms with van der Waals surface area (Å²) in [6.45, 7) is 13.3. The minimum atomic E-state index is -0.796. The minimum absolute atomic E-state index is 0.0867. The zero-order valence-electron chi connectivity index (χ0n) is 24.6. The summed E-state index contributed by atoms with van der Waals surface area (Å²) in [5.41, 5.74) is 13.0. The van der Waals surface area contributed by atoms with Crippen LogP contribution in [-0.2, 0) is 14.9 Å². The number of ether oxygens (including phenoxy) is 1. The number of hydrogen-bond donors (Lipinski definition) is 4. The molecule has 2 aromatic heterocycles. The average molecular weight is 626 g/mol. The molecule has 0 unspecified atom stereocenters. The molecule has 1 aliphatic heterocycles. The Hall–Kier alpha value is -3.58. The monoisotopic (exact) mass is 625 g/mol. The number of aryl methyl sites for hydroxylation is 1. The number of nitrogens with one attached hydrogen (secondary N) is 2. The highest BCUT2D eigenvalue weighted by Gasteiger charge is 2.37. The molecule has 1 saturated heterocycles. The fraction of sp³-hybridized carbons (Fsp3) is 0.323. The highest BCUT2D eigenvalue weighted by Crippen LogP contribution is 2.40. The van der Waals surface area contributed by atoms with Gasteiger partial charge in [0, 0.05) is 50.4 Å². The van der Waals surface area contributed by atoms with Gasteiger partial charge in [-0.25, -0.2) is 9.37 Å². The van der Waals surface area contributed by atoms with Gasteiger partial charge in [-0.1, -0.05) is 36.7 Å². The number of amides is 1. The van der Waals surface area contributed by atoms with Gasteiger partial charge in [-0.15, -0.1) is 0 Å². The van der Waals surface area contributed by atoms with E-state index in [9.17, 15) is 4.79 Å². The summed E-state index contributed by atoms with van der Waals surface area (Å²) < 4.78 is 21.5. The number of aromatic nitrogens is 2. The topological polar surface area (TPSA) is 131 Å². The predicted molar refractivity (Wildman–Crippen MR) is 176 cm³/mol. The number of nitrogens with two attached hydrogens (primary N) is 2. The Balaban J connectivity index is 1.69. The van der Waals surface area contributed by atoms with Crippen molar-refractivity contribution in [2.45, 2.75) is 25.2 Å². The molecule has 230 valence electrons. The van der Waals surface area contributed by atoms with E-state index in [4.69, 9.17) is 16.2 Å². The maximum atomic E-state index is 15.7. The van der Waals surface area contributed by atoms with Crippen LogP contribution in [0.2, 0.25) is 0 Å². The number of rotatable bonds is 15. The van der Waals surface area contributed by atoms with Gasteiger partial charge in [-0.2, -0.15) is 0 Å². The molecule has 0 aromatic carbocycles. The van der Waals surface area contributed by atoms with E-state index in [-0.39, 0.29) is 15.9 Å². The van der Waals surface area contributed by atoms with Crippen LogP contribution in [-0.4, -0.2) is 60.7 Å². The molecule has 0 saturated carbocycles. The van der Waals surface area contributed by atoms with E-state index in [2.05, 4.69) is 38.7 Å². The fourth-order valence-corrected chi connectivity index (χ4v) is 6.48. The van der Waals surface area contributed by atoms with E-state index in [0.29, 0.717) is 28.2 Å². The number of thioether (sulfide) groups is 2. The van der Waals surface area contributed by atoms with Crippen molar-refractivity contribution in [3.05, 3.63) is 111 Å². The molecule has 1 aliphatic rings. The van der Waals surface area contributed by atoms with Crippen LogP contribution in [0.3, 0.4) is 0 Å². The van der Waals surface area contributed by atoms with Crippen molar-refractivity contribution in [3.8, 4) is 0 Å². The third-order valence-electron chi connectivity index (χ3n) is 7.06. The number of anilines is 1. The second kappa shape index (κ2) is 16.9. The lowest BCUT2D eigenvalue weighted by Crippen LogP contribution is -2.49. The Morgan fingerprint density at radius 2 is 1.91 bits per heavy atom. The molecule has 0 atom stereocenters. The fourth-order valence-electron chi connectivity index (χ4n) is 4.63. The molecule has 3 heterocycles.